The standard InChI is InChI=1S/C11H14N4O2S/c12-9(18)11(3-6-17-7-4-11)10(16)14-8-2-1-5-13-15-8/h1-2,5H,3-4,6-7H2,(H2,12,18)(H,14,15,16). The summed E-state index contributed by atoms with van der Waals surface area (Å²) < 4.78 is 5.25. The van der Waals surface area contributed by atoms with E-state index in [4.69, 9.17) is 22.7 Å². The van der Waals surface area contributed by atoms with Gasteiger partial charge in [-0.15, -0.1) is 5.10 Å². The zero-order valence-corrected chi connectivity index (χ0v) is 10.6. The van der Waals surface area contributed by atoms with Crippen LogP contribution >= 0.6 is 12.2 Å². The highest BCUT2D eigenvalue weighted by atomic mass is 32.1. The summed E-state index contributed by atoms with van der Waals surface area (Å²) in [5, 5.41) is 10.2. The molecule has 1 aliphatic heterocycles. The lowest BCUT2D eigenvalue weighted by molar-refractivity contribution is -0.126. The number of thiocarbonyl (C=S) groups is 1. The summed E-state index contributed by atoms with van der Waals surface area (Å²) >= 11 is 5.05. The third kappa shape index (κ3) is 2.46. The third-order valence-electron chi connectivity index (χ3n) is 3.07. The van der Waals surface area contributed by atoms with Gasteiger partial charge in [0.15, 0.2) is 5.82 Å². The minimum absolute atomic E-state index is 0.201. The summed E-state index contributed by atoms with van der Waals surface area (Å²) in [5.74, 6) is 0.156. The van der Waals surface area contributed by atoms with Gasteiger partial charge in [0, 0.05) is 19.4 Å². The summed E-state index contributed by atoms with van der Waals surface area (Å²) in [4.78, 5) is 12.5. The molecule has 0 saturated carbocycles. The molecular formula is C11H14N4O2S. The fourth-order valence-corrected chi connectivity index (χ4v) is 2.21. The Morgan fingerprint density at radius 3 is 2.78 bits per heavy atom. The van der Waals surface area contributed by atoms with E-state index >= 15 is 0 Å². The van der Waals surface area contributed by atoms with Crippen LogP contribution in [0.25, 0.3) is 0 Å². The van der Waals surface area contributed by atoms with Crippen molar-refractivity contribution >= 4 is 28.9 Å². The molecule has 0 aliphatic carbocycles. The lowest BCUT2D eigenvalue weighted by Gasteiger charge is -2.34. The van der Waals surface area contributed by atoms with Gasteiger partial charge in [0.2, 0.25) is 5.91 Å². The van der Waals surface area contributed by atoms with Crippen molar-refractivity contribution in [2.75, 3.05) is 18.5 Å². The van der Waals surface area contributed by atoms with E-state index in [1.165, 1.54) is 6.20 Å². The molecule has 1 aromatic heterocycles. The predicted octanol–water partition coefficient (Wildman–Crippen LogP) is 0.498. The van der Waals surface area contributed by atoms with Crippen LogP contribution in [0.4, 0.5) is 5.82 Å². The molecule has 1 aliphatic rings. The number of carbonyl (C=O) groups is 1. The maximum Gasteiger partial charge on any atom is 0.238 e. The molecule has 0 radical (unpaired) electrons. The first kappa shape index (κ1) is 12.8. The van der Waals surface area contributed by atoms with E-state index in [0.717, 1.165) is 0 Å². The van der Waals surface area contributed by atoms with E-state index in [1.54, 1.807) is 12.1 Å². The molecule has 96 valence electrons. The average molecular weight is 266 g/mol. The topological polar surface area (TPSA) is 90.1 Å². The highest BCUT2D eigenvalue weighted by molar-refractivity contribution is 7.80. The number of nitrogens with one attached hydrogen (secondary N) is 1. The van der Waals surface area contributed by atoms with Crippen LogP contribution in [0.15, 0.2) is 18.3 Å². The number of anilines is 1. The van der Waals surface area contributed by atoms with Gasteiger partial charge < -0.3 is 15.8 Å². The van der Waals surface area contributed by atoms with Crippen molar-refractivity contribution in [2.45, 2.75) is 12.8 Å². The van der Waals surface area contributed by atoms with Crippen LogP contribution in [0.3, 0.4) is 0 Å². The van der Waals surface area contributed by atoms with E-state index in [0.29, 0.717) is 31.9 Å². The van der Waals surface area contributed by atoms with Crippen molar-refractivity contribution in [1.82, 2.24) is 10.2 Å². The first-order chi connectivity index (χ1) is 8.65. The van der Waals surface area contributed by atoms with Gasteiger partial charge >= 0.3 is 0 Å². The van der Waals surface area contributed by atoms with Gasteiger partial charge in [0.1, 0.15) is 5.41 Å². The Kier molecular flexibility index (Phi) is 3.83. The number of nitrogens with two attached hydrogens (primary N) is 1. The molecule has 2 heterocycles. The highest BCUT2D eigenvalue weighted by Gasteiger charge is 2.43. The predicted molar refractivity (Wildman–Crippen MR) is 69.9 cm³/mol. The quantitative estimate of drug-likeness (QED) is 0.774. The smallest absolute Gasteiger partial charge is 0.238 e. The van der Waals surface area contributed by atoms with Gasteiger partial charge in [-0.2, -0.15) is 5.10 Å². The summed E-state index contributed by atoms with van der Waals surface area (Å²) in [6.45, 7) is 0.955. The largest absolute Gasteiger partial charge is 0.392 e. The Labute approximate surface area is 110 Å². The second kappa shape index (κ2) is 5.36. The Morgan fingerprint density at radius 2 is 2.22 bits per heavy atom. The van der Waals surface area contributed by atoms with E-state index in [1.807, 2.05) is 0 Å². The lowest BCUT2D eigenvalue weighted by atomic mass is 9.79. The first-order valence-electron chi connectivity index (χ1n) is 5.62. The Bertz CT molecular complexity index is 446. The number of hydrogen-bond donors (Lipinski definition) is 2. The van der Waals surface area contributed by atoms with E-state index in [-0.39, 0.29) is 10.9 Å². The molecule has 1 saturated heterocycles. The van der Waals surface area contributed by atoms with Crippen LogP contribution < -0.4 is 11.1 Å². The fourth-order valence-electron chi connectivity index (χ4n) is 1.91. The zero-order valence-electron chi connectivity index (χ0n) is 9.76. The maximum atomic E-state index is 12.3. The van der Waals surface area contributed by atoms with E-state index in [2.05, 4.69) is 15.5 Å². The van der Waals surface area contributed by atoms with Gasteiger partial charge in [-0.25, -0.2) is 0 Å². The molecular weight excluding hydrogens is 252 g/mol. The van der Waals surface area contributed by atoms with Gasteiger partial charge in [0.05, 0.1) is 4.99 Å². The number of amides is 1. The SMILES string of the molecule is NC(=S)C1(C(=O)Nc2cccnn2)CCOCC1. The van der Waals surface area contributed by atoms with Crippen LogP contribution in [0, 0.1) is 5.41 Å². The van der Waals surface area contributed by atoms with Crippen molar-refractivity contribution in [3.63, 3.8) is 0 Å². The minimum atomic E-state index is -0.842. The molecule has 0 unspecified atom stereocenters. The van der Waals surface area contributed by atoms with Crippen molar-refractivity contribution < 1.29 is 9.53 Å². The number of nitrogens with zero attached hydrogens (tertiary/aromatic N) is 2. The zero-order chi connectivity index (χ0) is 13.0. The Hall–Kier alpha value is -1.60. The van der Waals surface area contributed by atoms with E-state index in [9.17, 15) is 4.79 Å². The molecule has 0 aromatic carbocycles. The summed E-state index contributed by atoms with van der Waals surface area (Å²) in [6, 6.07) is 3.36. The Morgan fingerprint density at radius 1 is 1.50 bits per heavy atom. The van der Waals surface area contributed by atoms with E-state index < -0.39 is 5.41 Å². The second-order valence-corrected chi connectivity index (χ2v) is 4.56. The number of carbonyl (C=O) groups excluding carboxylic acids is 1. The molecule has 1 amide bonds. The molecule has 7 heteroatoms. The number of hydrogen-bond acceptors (Lipinski definition) is 5. The number of ether oxygens (including phenoxy) is 1. The normalized spacial score (nSPS) is 18.0. The fraction of sp³-hybridized carbons (Fsp3) is 0.455. The molecule has 0 spiro atoms. The van der Waals surface area contributed by atoms with Crippen LogP contribution in [0.2, 0.25) is 0 Å². The molecule has 2 rings (SSSR count). The van der Waals surface area contributed by atoms with Crippen molar-refractivity contribution in [1.29, 1.82) is 0 Å². The minimum Gasteiger partial charge on any atom is -0.392 e. The molecule has 1 aromatic rings. The molecule has 18 heavy (non-hydrogen) atoms. The van der Waals surface area contributed by atoms with Crippen LogP contribution in [-0.2, 0) is 9.53 Å². The van der Waals surface area contributed by atoms with Crippen LogP contribution in [0.1, 0.15) is 12.8 Å². The summed E-state index contributed by atoms with van der Waals surface area (Å²) in [5.41, 5.74) is 4.89. The first-order valence-corrected chi connectivity index (χ1v) is 6.03. The molecule has 0 atom stereocenters. The van der Waals surface area contributed by atoms with Gasteiger partial charge in [0.25, 0.3) is 0 Å². The average Bonchev–Trinajstić information content (AvgIpc) is 2.40. The second-order valence-electron chi connectivity index (χ2n) is 4.12. The molecule has 3 N–H and O–H groups in total. The molecule has 6 nitrogen and oxygen atoms in total. The Balaban J connectivity index is 2.16. The summed E-state index contributed by atoms with van der Waals surface area (Å²) in [6.07, 6.45) is 2.52. The van der Waals surface area contributed by atoms with Gasteiger partial charge in [-0.05, 0) is 25.0 Å². The van der Waals surface area contributed by atoms with Crippen LogP contribution in [-0.4, -0.2) is 34.3 Å². The van der Waals surface area contributed by atoms with Crippen molar-refractivity contribution in [3.05, 3.63) is 18.3 Å². The monoisotopic (exact) mass is 266 g/mol. The lowest BCUT2D eigenvalue weighted by Crippen LogP contribution is -2.49. The summed E-state index contributed by atoms with van der Waals surface area (Å²) in [7, 11) is 0. The van der Waals surface area contributed by atoms with Crippen molar-refractivity contribution in [3.8, 4) is 0 Å². The van der Waals surface area contributed by atoms with Crippen LogP contribution in [0.5, 0.6) is 0 Å². The number of rotatable bonds is 3. The highest BCUT2D eigenvalue weighted by Crippen LogP contribution is 2.32. The van der Waals surface area contributed by atoms with Gasteiger partial charge in [-0.3, -0.25) is 4.79 Å². The van der Waals surface area contributed by atoms with Gasteiger partial charge in [-0.1, -0.05) is 12.2 Å². The molecule has 0 bridgehead atoms. The third-order valence-corrected chi connectivity index (χ3v) is 3.46. The number of aromatic nitrogens is 2. The maximum absolute atomic E-state index is 12.3. The van der Waals surface area contributed by atoms with Crippen molar-refractivity contribution in [2.24, 2.45) is 11.1 Å². The molecule has 1 fully saturated rings.